The summed E-state index contributed by atoms with van der Waals surface area (Å²) in [5.41, 5.74) is 0.300. The fourth-order valence-electron chi connectivity index (χ4n) is 1.52. The van der Waals surface area contributed by atoms with Gasteiger partial charge in [0.15, 0.2) is 0 Å². The maximum atomic E-state index is 13.4. The summed E-state index contributed by atoms with van der Waals surface area (Å²) in [7, 11) is 0. The van der Waals surface area contributed by atoms with Crippen molar-refractivity contribution in [3.63, 3.8) is 0 Å². The number of hydrogen-bond donors (Lipinski definition) is 1. The van der Waals surface area contributed by atoms with Crippen molar-refractivity contribution in [1.29, 1.82) is 0 Å². The molecule has 1 rings (SSSR count). The normalized spacial score (nSPS) is 14.2. The SMILES string of the molecule is C#CC(CC)NC(C)c1cc(F)ccc1F. The van der Waals surface area contributed by atoms with E-state index in [9.17, 15) is 8.78 Å². The minimum Gasteiger partial charge on any atom is -0.297 e. The predicted molar refractivity (Wildman–Crippen MR) is 60.8 cm³/mol. The zero-order valence-electron chi connectivity index (χ0n) is 9.43. The Kier molecular flexibility index (Phi) is 4.45. The molecule has 0 heterocycles. The first-order valence-electron chi connectivity index (χ1n) is 5.25. The first-order valence-corrected chi connectivity index (χ1v) is 5.25. The maximum absolute atomic E-state index is 13.4. The summed E-state index contributed by atoms with van der Waals surface area (Å²) in [6, 6.07) is 2.98. The Labute approximate surface area is 94.9 Å². The van der Waals surface area contributed by atoms with Gasteiger partial charge in [-0.1, -0.05) is 12.8 Å². The second-order valence-electron chi connectivity index (χ2n) is 3.68. The van der Waals surface area contributed by atoms with Crippen molar-refractivity contribution in [3.8, 4) is 12.3 Å². The molecule has 1 nitrogen and oxygen atoms in total. The van der Waals surface area contributed by atoms with E-state index in [0.717, 1.165) is 18.6 Å². The average molecular weight is 223 g/mol. The van der Waals surface area contributed by atoms with E-state index in [1.54, 1.807) is 6.92 Å². The fourth-order valence-corrected chi connectivity index (χ4v) is 1.52. The molecule has 0 bridgehead atoms. The Balaban J connectivity index is 2.84. The third-order valence-corrected chi connectivity index (χ3v) is 2.49. The van der Waals surface area contributed by atoms with Crippen molar-refractivity contribution >= 4 is 0 Å². The van der Waals surface area contributed by atoms with Crippen LogP contribution in [0.4, 0.5) is 8.78 Å². The summed E-state index contributed by atoms with van der Waals surface area (Å²) in [6.07, 6.45) is 6.05. The molecule has 0 aliphatic heterocycles. The van der Waals surface area contributed by atoms with Crippen LogP contribution in [-0.2, 0) is 0 Å². The monoisotopic (exact) mass is 223 g/mol. The summed E-state index contributed by atoms with van der Waals surface area (Å²) in [5, 5.41) is 3.06. The zero-order valence-corrected chi connectivity index (χ0v) is 9.43. The van der Waals surface area contributed by atoms with E-state index >= 15 is 0 Å². The Morgan fingerprint density at radius 3 is 2.69 bits per heavy atom. The van der Waals surface area contributed by atoms with Crippen LogP contribution in [0.15, 0.2) is 18.2 Å². The molecule has 0 amide bonds. The number of rotatable bonds is 4. The summed E-state index contributed by atoms with van der Waals surface area (Å²) in [6.45, 7) is 3.70. The lowest BCUT2D eigenvalue weighted by molar-refractivity contribution is 0.483. The highest BCUT2D eigenvalue weighted by molar-refractivity contribution is 5.22. The standard InChI is InChI=1S/C13H15F2N/c1-4-11(5-2)16-9(3)12-8-10(14)6-7-13(12)15/h1,6-9,11,16H,5H2,2-3H3. The maximum Gasteiger partial charge on any atom is 0.128 e. The number of nitrogens with one attached hydrogen (secondary N) is 1. The molecule has 1 aromatic carbocycles. The van der Waals surface area contributed by atoms with Crippen molar-refractivity contribution < 1.29 is 8.78 Å². The van der Waals surface area contributed by atoms with Gasteiger partial charge in [0.2, 0.25) is 0 Å². The molecular weight excluding hydrogens is 208 g/mol. The highest BCUT2D eigenvalue weighted by Crippen LogP contribution is 2.18. The third-order valence-electron chi connectivity index (χ3n) is 2.49. The smallest absolute Gasteiger partial charge is 0.128 e. The minimum atomic E-state index is -0.446. The largest absolute Gasteiger partial charge is 0.297 e. The number of benzene rings is 1. The molecule has 1 aromatic rings. The van der Waals surface area contributed by atoms with Crippen LogP contribution in [0, 0.1) is 24.0 Å². The highest BCUT2D eigenvalue weighted by Gasteiger charge is 2.14. The number of halogens is 2. The first-order chi connectivity index (χ1) is 7.58. The van der Waals surface area contributed by atoms with Crippen molar-refractivity contribution in [3.05, 3.63) is 35.4 Å². The van der Waals surface area contributed by atoms with Crippen LogP contribution >= 0.6 is 0 Å². The second kappa shape index (κ2) is 5.62. The number of hydrogen-bond acceptors (Lipinski definition) is 1. The van der Waals surface area contributed by atoms with Gasteiger partial charge in [-0.2, -0.15) is 0 Å². The lowest BCUT2D eigenvalue weighted by atomic mass is 10.1. The van der Waals surface area contributed by atoms with E-state index < -0.39 is 11.6 Å². The van der Waals surface area contributed by atoms with Gasteiger partial charge in [-0.3, -0.25) is 5.32 Å². The van der Waals surface area contributed by atoms with Gasteiger partial charge in [0.1, 0.15) is 11.6 Å². The van der Waals surface area contributed by atoms with E-state index in [2.05, 4.69) is 11.2 Å². The molecule has 16 heavy (non-hydrogen) atoms. The van der Waals surface area contributed by atoms with Crippen molar-refractivity contribution in [2.24, 2.45) is 0 Å². The average Bonchev–Trinajstić information content (AvgIpc) is 2.28. The van der Waals surface area contributed by atoms with Crippen LogP contribution in [0.5, 0.6) is 0 Å². The quantitative estimate of drug-likeness (QED) is 0.774. The van der Waals surface area contributed by atoms with Gasteiger partial charge in [-0.05, 0) is 31.5 Å². The molecule has 0 saturated heterocycles. The van der Waals surface area contributed by atoms with Crippen molar-refractivity contribution in [2.45, 2.75) is 32.4 Å². The molecule has 0 saturated carbocycles. The highest BCUT2D eigenvalue weighted by atomic mass is 19.1. The van der Waals surface area contributed by atoms with E-state index in [0.29, 0.717) is 5.56 Å². The molecule has 1 N–H and O–H groups in total. The van der Waals surface area contributed by atoms with E-state index in [1.807, 2.05) is 6.92 Å². The van der Waals surface area contributed by atoms with Gasteiger partial charge < -0.3 is 0 Å². The molecule has 3 heteroatoms. The predicted octanol–water partition coefficient (Wildman–Crippen LogP) is 3.03. The lowest BCUT2D eigenvalue weighted by Crippen LogP contribution is -2.30. The second-order valence-corrected chi connectivity index (χ2v) is 3.68. The molecule has 0 aromatic heterocycles. The fraction of sp³-hybridized carbons (Fsp3) is 0.385. The van der Waals surface area contributed by atoms with Crippen LogP contribution in [-0.4, -0.2) is 6.04 Å². The molecule has 0 radical (unpaired) electrons. The summed E-state index contributed by atoms with van der Waals surface area (Å²) in [5.74, 6) is 1.69. The van der Waals surface area contributed by atoms with Gasteiger partial charge in [0.05, 0.1) is 6.04 Å². The first kappa shape index (κ1) is 12.7. The van der Waals surface area contributed by atoms with Crippen LogP contribution in [0.2, 0.25) is 0 Å². The van der Waals surface area contributed by atoms with Crippen LogP contribution in [0.25, 0.3) is 0 Å². The number of terminal acetylenes is 1. The van der Waals surface area contributed by atoms with Gasteiger partial charge in [-0.15, -0.1) is 6.42 Å². The van der Waals surface area contributed by atoms with Gasteiger partial charge in [0.25, 0.3) is 0 Å². The van der Waals surface area contributed by atoms with Gasteiger partial charge in [-0.25, -0.2) is 8.78 Å². The molecule has 0 aliphatic rings. The Morgan fingerprint density at radius 1 is 1.44 bits per heavy atom. The Hall–Kier alpha value is -1.40. The lowest BCUT2D eigenvalue weighted by Gasteiger charge is -2.19. The van der Waals surface area contributed by atoms with Crippen molar-refractivity contribution in [1.82, 2.24) is 5.32 Å². The van der Waals surface area contributed by atoms with Crippen molar-refractivity contribution in [2.75, 3.05) is 0 Å². The van der Waals surface area contributed by atoms with Crippen LogP contribution in [0.1, 0.15) is 31.9 Å². The molecule has 2 atom stereocenters. The summed E-state index contributed by atoms with van der Waals surface area (Å²) < 4.78 is 26.4. The van der Waals surface area contributed by atoms with Crippen LogP contribution < -0.4 is 5.32 Å². The van der Waals surface area contributed by atoms with E-state index in [1.165, 1.54) is 6.07 Å². The molecule has 0 spiro atoms. The van der Waals surface area contributed by atoms with E-state index in [-0.39, 0.29) is 12.1 Å². The molecule has 0 fully saturated rings. The molecular formula is C13H15F2N. The summed E-state index contributed by atoms with van der Waals surface area (Å²) >= 11 is 0. The minimum absolute atomic E-state index is 0.127. The Bertz CT molecular complexity index is 395. The van der Waals surface area contributed by atoms with Gasteiger partial charge in [0, 0.05) is 11.6 Å². The zero-order chi connectivity index (χ0) is 12.1. The van der Waals surface area contributed by atoms with Gasteiger partial charge >= 0.3 is 0 Å². The molecule has 2 unspecified atom stereocenters. The van der Waals surface area contributed by atoms with Crippen LogP contribution in [0.3, 0.4) is 0 Å². The Morgan fingerprint density at radius 2 is 2.12 bits per heavy atom. The summed E-state index contributed by atoms with van der Waals surface area (Å²) in [4.78, 5) is 0. The van der Waals surface area contributed by atoms with E-state index in [4.69, 9.17) is 6.42 Å². The molecule has 0 aliphatic carbocycles. The molecule has 86 valence electrons. The third kappa shape index (κ3) is 3.04. The topological polar surface area (TPSA) is 12.0 Å².